The van der Waals surface area contributed by atoms with Crippen molar-refractivity contribution < 1.29 is 9.53 Å². The Morgan fingerprint density at radius 1 is 1.12 bits per heavy atom. The van der Waals surface area contributed by atoms with Crippen LogP contribution >= 0.6 is 0 Å². The monoisotopic (exact) mass is 355 g/mol. The molecule has 3 heterocycles. The number of urea groups is 1. The van der Waals surface area contributed by atoms with Crippen molar-refractivity contribution in [3.05, 3.63) is 36.2 Å². The van der Waals surface area contributed by atoms with E-state index in [4.69, 9.17) is 4.74 Å². The first kappa shape index (κ1) is 17.0. The molecule has 0 spiro atoms. The predicted octanol–water partition coefficient (Wildman–Crippen LogP) is 2.54. The van der Waals surface area contributed by atoms with Gasteiger partial charge in [-0.15, -0.1) is 0 Å². The molecule has 2 aromatic rings. The summed E-state index contributed by atoms with van der Waals surface area (Å²) in [5.41, 5.74) is 1.02. The van der Waals surface area contributed by atoms with Crippen molar-refractivity contribution in [3.8, 4) is 11.4 Å². The fourth-order valence-electron chi connectivity index (χ4n) is 3.64. The summed E-state index contributed by atoms with van der Waals surface area (Å²) < 4.78 is 5.34. The highest BCUT2D eigenvalue weighted by atomic mass is 16.5. The molecular formula is C19H25N5O2. The van der Waals surface area contributed by atoms with Crippen LogP contribution in [0.1, 0.15) is 37.4 Å². The summed E-state index contributed by atoms with van der Waals surface area (Å²) in [4.78, 5) is 19.0. The lowest BCUT2D eigenvalue weighted by molar-refractivity contribution is 0.0774. The zero-order valence-electron chi connectivity index (χ0n) is 14.9. The van der Waals surface area contributed by atoms with Gasteiger partial charge < -0.3 is 15.0 Å². The van der Waals surface area contributed by atoms with Crippen molar-refractivity contribution in [2.24, 2.45) is 0 Å². The predicted molar refractivity (Wildman–Crippen MR) is 97.7 cm³/mol. The van der Waals surface area contributed by atoms with E-state index in [0.29, 0.717) is 5.92 Å². The number of carbonyl (C=O) groups is 1. The number of amides is 2. The second-order valence-corrected chi connectivity index (χ2v) is 7.01. The number of hydrogen-bond donors (Lipinski definition) is 2. The number of piperidine rings is 1. The maximum absolute atomic E-state index is 12.4. The van der Waals surface area contributed by atoms with Crippen molar-refractivity contribution in [1.82, 2.24) is 25.4 Å². The van der Waals surface area contributed by atoms with Crippen LogP contribution in [0.15, 0.2) is 30.3 Å². The topological polar surface area (TPSA) is 83.1 Å². The first-order valence-corrected chi connectivity index (χ1v) is 9.40. The summed E-state index contributed by atoms with van der Waals surface area (Å²) in [7, 11) is 0. The van der Waals surface area contributed by atoms with Gasteiger partial charge in [0, 0.05) is 43.8 Å². The quantitative estimate of drug-likeness (QED) is 0.886. The van der Waals surface area contributed by atoms with Gasteiger partial charge in [0.15, 0.2) is 5.82 Å². The van der Waals surface area contributed by atoms with Gasteiger partial charge in [0.2, 0.25) is 0 Å². The van der Waals surface area contributed by atoms with Gasteiger partial charge in [0.05, 0.1) is 0 Å². The smallest absolute Gasteiger partial charge is 0.317 e. The van der Waals surface area contributed by atoms with Crippen LogP contribution in [0.3, 0.4) is 0 Å². The zero-order chi connectivity index (χ0) is 17.8. The molecule has 0 atom stereocenters. The third-order valence-corrected chi connectivity index (χ3v) is 5.25. The number of hydrogen-bond acceptors (Lipinski definition) is 4. The summed E-state index contributed by atoms with van der Waals surface area (Å²) in [5.74, 6) is 1.99. The van der Waals surface area contributed by atoms with Crippen LogP contribution in [0.25, 0.3) is 11.4 Å². The molecule has 0 unspecified atom stereocenters. The molecule has 1 aromatic heterocycles. The molecule has 0 bridgehead atoms. The van der Waals surface area contributed by atoms with Crippen molar-refractivity contribution in [3.63, 3.8) is 0 Å². The lowest BCUT2D eigenvalue weighted by Crippen LogP contribution is -2.49. The van der Waals surface area contributed by atoms with Crippen molar-refractivity contribution in [1.29, 1.82) is 0 Å². The molecule has 2 aliphatic heterocycles. The molecule has 4 rings (SSSR count). The Kier molecular flexibility index (Phi) is 5.15. The molecule has 7 heteroatoms. The largest absolute Gasteiger partial charge is 0.381 e. The number of rotatable bonds is 3. The maximum atomic E-state index is 12.4. The normalized spacial score (nSPS) is 19.5. The molecule has 1 aromatic carbocycles. The highest BCUT2D eigenvalue weighted by Gasteiger charge is 2.27. The molecule has 2 saturated heterocycles. The molecular weight excluding hydrogens is 330 g/mol. The van der Waals surface area contributed by atoms with Crippen LogP contribution < -0.4 is 5.32 Å². The van der Waals surface area contributed by atoms with Crippen LogP contribution in [-0.2, 0) is 4.74 Å². The average Bonchev–Trinajstić information content (AvgIpc) is 3.20. The second-order valence-electron chi connectivity index (χ2n) is 7.01. The van der Waals surface area contributed by atoms with Crippen LogP contribution in [0, 0.1) is 0 Å². The van der Waals surface area contributed by atoms with Gasteiger partial charge in [0.25, 0.3) is 0 Å². The minimum Gasteiger partial charge on any atom is -0.381 e. The Bertz CT molecular complexity index is 719. The summed E-state index contributed by atoms with van der Waals surface area (Å²) >= 11 is 0. The Balaban J connectivity index is 1.31. The van der Waals surface area contributed by atoms with E-state index in [0.717, 1.165) is 69.2 Å². The van der Waals surface area contributed by atoms with Crippen LogP contribution in [0.4, 0.5) is 4.79 Å². The fourth-order valence-corrected chi connectivity index (χ4v) is 3.64. The highest BCUT2D eigenvalue weighted by Crippen LogP contribution is 2.27. The van der Waals surface area contributed by atoms with Gasteiger partial charge in [-0.05, 0) is 25.7 Å². The number of benzene rings is 1. The number of aromatic amines is 1. The summed E-state index contributed by atoms with van der Waals surface area (Å²) in [6.07, 6.45) is 3.63. The van der Waals surface area contributed by atoms with Crippen molar-refractivity contribution in [2.75, 3.05) is 26.3 Å². The number of nitrogens with zero attached hydrogens (tertiary/aromatic N) is 3. The van der Waals surface area contributed by atoms with Gasteiger partial charge in [-0.1, -0.05) is 30.3 Å². The number of nitrogens with one attached hydrogen (secondary N) is 2. The highest BCUT2D eigenvalue weighted by molar-refractivity contribution is 5.74. The fraction of sp³-hybridized carbons (Fsp3) is 0.526. The van der Waals surface area contributed by atoms with Crippen LogP contribution in [0.5, 0.6) is 0 Å². The van der Waals surface area contributed by atoms with Crippen molar-refractivity contribution >= 4 is 6.03 Å². The van der Waals surface area contributed by atoms with E-state index in [2.05, 4.69) is 20.5 Å². The van der Waals surface area contributed by atoms with E-state index in [1.807, 2.05) is 35.2 Å². The Hall–Kier alpha value is -2.41. The van der Waals surface area contributed by atoms with Crippen LogP contribution in [0.2, 0.25) is 0 Å². The standard InChI is InChI=1S/C19H25N5O2/c25-19(20-16-8-12-26-13-9-16)24-10-6-15(7-11-24)18-21-17(22-23-18)14-4-2-1-3-5-14/h1-5,15-16H,6-13H2,(H,20,25)(H,21,22,23). The van der Waals surface area contributed by atoms with Gasteiger partial charge in [0.1, 0.15) is 5.82 Å². The second kappa shape index (κ2) is 7.86. The molecule has 2 N–H and O–H groups in total. The molecule has 0 saturated carbocycles. The summed E-state index contributed by atoms with van der Waals surface area (Å²) in [5, 5.41) is 10.6. The number of carbonyl (C=O) groups excluding carboxylic acids is 1. The molecule has 2 fully saturated rings. The first-order chi connectivity index (χ1) is 12.8. The van der Waals surface area contributed by atoms with E-state index in [1.165, 1.54) is 0 Å². The number of ether oxygens (including phenoxy) is 1. The molecule has 2 aliphatic rings. The Morgan fingerprint density at radius 2 is 1.85 bits per heavy atom. The number of likely N-dealkylation sites (tertiary alicyclic amines) is 1. The van der Waals surface area contributed by atoms with Gasteiger partial charge >= 0.3 is 6.03 Å². The van der Waals surface area contributed by atoms with E-state index in [-0.39, 0.29) is 12.1 Å². The van der Waals surface area contributed by atoms with E-state index >= 15 is 0 Å². The van der Waals surface area contributed by atoms with Gasteiger partial charge in [-0.2, -0.15) is 5.10 Å². The SMILES string of the molecule is O=C(NC1CCOCC1)N1CCC(c2nc(-c3ccccc3)n[nH]2)CC1. The third-order valence-electron chi connectivity index (χ3n) is 5.25. The van der Waals surface area contributed by atoms with Crippen molar-refractivity contribution in [2.45, 2.75) is 37.6 Å². The van der Waals surface area contributed by atoms with E-state index < -0.39 is 0 Å². The van der Waals surface area contributed by atoms with Gasteiger partial charge in [-0.25, -0.2) is 9.78 Å². The summed E-state index contributed by atoms with van der Waals surface area (Å²) in [6, 6.07) is 10.3. The Morgan fingerprint density at radius 3 is 2.58 bits per heavy atom. The maximum Gasteiger partial charge on any atom is 0.317 e. The number of aromatic nitrogens is 3. The molecule has 2 amide bonds. The Labute approximate surface area is 153 Å². The molecule has 26 heavy (non-hydrogen) atoms. The first-order valence-electron chi connectivity index (χ1n) is 9.40. The van der Waals surface area contributed by atoms with E-state index in [1.54, 1.807) is 0 Å². The minimum atomic E-state index is 0.0536. The lowest BCUT2D eigenvalue weighted by Gasteiger charge is -2.33. The summed E-state index contributed by atoms with van der Waals surface area (Å²) in [6.45, 7) is 2.98. The third kappa shape index (κ3) is 3.88. The van der Waals surface area contributed by atoms with Crippen LogP contribution in [-0.4, -0.2) is 58.5 Å². The average molecular weight is 355 g/mol. The molecule has 138 valence electrons. The molecule has 0 radical (unpaired) electrons. The zero-order valence-corrected chi connectivity index (χ0v) is 14.9. The van der Waals surface area contributed by atoms with Gasteiger partial charge in [-0.3, -0.25) is 5.10 Å². The lowest BCUT2D eigenvalue weighted by atomic mass is 9.96. The number of H-pyrrole nitrogens is 1. The minimum absolute atomic E-state index is 0.0536. The molecule has 7 nitrogen and oxygen atoms in total. The van der Waals surface area contributed by atoms with E-state index in [9.17, 15) is 4.79 Å². The molecule has 0 aliphatic carbocycles.